The summed E-state index contributed by atoms with van der Waals surface area (Å²) in [6, 6.07) is 28.8. The molecule has 0 atom stereocenters. The summed E-state index contributed by atoms with van der Waals surface area (Å²) >= 11 is 5.93. The Hall–Kier alpha value is -5.62. The van der Waals surface area contributed by atoms with Crippen molar-refractivity contribution in [2.45, 2.75) is 24.0 Å². The Bertz CT molecular complexity index is 2410. The Kier molecular flexibility index (Phi) is 14.1. The molecule has 306 valence electrons. The number of aromatic nitrogens is 3. The van der Waals surface area contributed by atoms with Crippen LogP contribution in [-0.2, 0) is 22.7 Å². The Morgan fingerprint density at radius 2 is 1.47 bits per heavy atom. The number of anilines is 1. The van der Waals surface area contributed by atoms with E-state index in [0.717, 1.165) is 33.9 Å². The van der Waals surface area contributed by atoms with Gasteiger partial charge in [0.1, 0.15) is 11.5 Å². The van der Waals surface area contributed by atoms with Gasteiger partial charge in [-0.15, -0.1) is 23.4 Å². The highest BCUT2D eigenvalue weighted by atomic mass is 35.5. The molecule has 6 aromatic rings. The summed E-state index contributed by atoms with van der Waals surface area (Å²) in [5.41, 5.74) is 3.21. The van der Waals surface area contributed by atoms with Crippen molar-refractivity contribution in [2.24, 2.45) is 0 Å². The smallest absolute Gasteiger partial charge is 0.497 e. The second-order valence-corrected chi connectivity index (χ2v) is 14.8. The van der Waals surface area contributed by atoms with Crippen molar-refractivity contribution in [3.63, 3.8) is 0 Å². The molecule has 18 heteroatoms. The lowest BCUT2D eigenvalue weighted by molar-refractivity contribution is -0.274. The van der Waals surface area contributed by atoms with Gasteiger partial charge in [0.15, 0.2) is 5.65 Å². The summed E-state index contributed by atoms with van der Waals surface area (Å²) in [5, 5.41) is 16.9. The molecule has 58 heavy (non-hydrogen) atoms. The van der Waals surface area contributed by atoms with Crippen LogP contribution in [0.25, 0.3) is 22.9 Å². The molecule has 0 bridgehead atoms. The first-order chi connectivity index (χ1) is 27.5. The zero-order valence-electron chi connectivity index (χ0n) is 30.8. The molecule has 10 nitrogen and oxygen atoms in total. The van der Waals surface area contributed by atoms with Crippen molar-refractivity contribution in [1.29, 1.82) is 0 Å². The first-order valence-corrected chi connectivity index (χ1v) is 19.0. The van der Waals surface area contributed by atoms with Gasteiger partial charge in [-0.25, -0.2) is 8.42 Å². The maximum atomic E-state index is 13.5. The number of aliphatic hydroxyl groups excluding tert-OH is 1. The number of halogens is 7. The van der Waals surface area contributed by atoms with Crippen molar-refractivity contribution < 1.29 is 49.3 Å². The van der Waals surface area contributed by atoms with Gasteiger partial charge in [-0.2, -0.15) is 13.2 Å². The van der Waals surface area contributed by atoms with E-state index < -0.39 is 34.1 Å². The lowest BCUT2D eigenvalue weighted by atomic mass is 10.1. The van der Waals surface area contributed by atoms with Crippen LogP contribution in [-0.4, -0.2) is 73.2 Å². The van der Waals surface area contributed by atoms with E-state index in [1.807, 2.05) is 55.6 Å². The van der Waals surface area contributed by atoms with Gasteiger partial charge in [-0.05, 0) is 96.0 Å². The molecule has 0 aliphatic carbocycles. The number of alkyl halides is 6. The summed E-state index contributed by atoms with van der Waals surface area (Å²) in [6.45, 7) is 0.846. The van der Waals surface area contributed by atoms with E-state index in [2.05, 4.69) is 19.8 Å². The maximum absolute atomic E-state index is 13.5. The molecule has 2 aromatic heterocycles. The Morgan fingerprint density at radius 1 is 0.828 bits per heavy atom. The number of hydrogen-bond acceptors (Lipinski definition) is 8. The predicted octanol–water partition coefficient (Wildman–Crippen LogP) is 9.00. The number of ether oxygens (including phenoxy) is 2. The summed E-state index contributed by atoms with van der Waals surface area (Å²) in [6.07, 6.45) is -4.26. The monoisotopic (exact) mass is 847 g/mol. The molecule has 4 aromatic carbocycles. The molecule has 0 aliphatic heterocycles. The number of para-hydroxylation sites is 1. The van der Waals surface area contributed by atoms with E-state index in [9.17, 15) is 39.9 Å². The van der Waals surface area contributed by atoms with Crippen LogP contribution in [0, 0.1) is 0 Å². The van der Waals surface area contributed by atoms with Gasteiger partial charge in [0.05, 0.1) is 30.8 Å². The molecule has 6 rings (SSSR count). The number of pyridine rings is 1. The van der Waals surface area contributed by atoms with Crippen molar-refractivity contribution in [3.8, 4) is 22.6 Å². The molecule has 0 amide bonds. The molecule has 0 fully saturated rings. The molecule has 2 heterocycles. The largest absolute Gasteiger partial charge is 0.573 e. The van der Waals surface area contributed by atoms with Gasteiger partial charge >= 0.3 is 12.5 Å². The maximum Gasteiger partial charge on any atom is 0.573 e. The van der Waals surface area contributed by atoms with E-state index >= 15 is 0 Å². The van der Waals surface area contributed by atoms with Crippen LogP contribution in [0.1, 0.15) is 17.0 Å². The summed E-state index contributed by atoms with van der Waals surface area (Å²) in [5.74, 6) is -1.04. The minimum atomic E-state index is -4.81. The quantitative estimate of drug-likeness (QED) is 0.115. The molecule has 0 saturated carbocycles. The van der Waals surface area contributed by atoms with Crippen molar-refractivity contribution in [1.82, 2.24) is 19.5 Å². The van der Waals surface area contributed by atoms with Gasteiger partial charge < -0.3 is 14.6 Å². The lowest BCUT2D eigenvalue weighted by Gasteiger charge is -2.27. The molecule has 0 radical (unpaired) electrons. The van der Waals surface area contributed by atoms with Crippen LogP contribution in [0.5, 0.6) is 11.5 Å². The van der Waals surface area contributed by atoms with Crippen molar-refractivity contribution >= 4 is 39.0 Å². The van der Waals surface area contributed by atoms with Gasteiger partial charge in [-0.1, -0.05) is 66.2 Å². The second kappa shape index (κ2) is 18.8. The first kappa shape index (κ1) is 43.5. The summed E-state index contributed by atoms with van der Waals surface area (Å²) in [4.78, 5) is 2.22. The van der Waals surface area contributed by atoms with E-state index in [-0.39, 0.29) is 23.7 Å². The minimum absolute atomic E-state index is 0.00287. The molecule has 0 aliphatic rings. The van der Waals surface area contributed by atoms with Crippen LogP contribution in [0.2, 0.25) is 5.02 Å². The van der Waals surface area contributed by atoms with Gasteiger partial charge in [0.2, 0.25) is 5.82 Å². The number of rotatable bonds is 13. The fourth-order valence-electron chi connectivity index (χ4n) is 5.63. The van der Waals surface area contributed by atoms with E-state index in [0.29, 0.717) is 40.7 Å². The van der Waals surface area contributed by atoms with Crippen LogP contribution in [0.4, 0.5) is 32.0 Å². The van der Waals surface area contributed by atoms with Crippen LogP contribution < -0.4 is 13.8 Å². The van der Waals surface area contributed by atoms with Crippen LogP contribution in [0.3, 0.4) is 0 Å². The number of sulfonamides is 1. The average Bonchev–Trinajstić information content (AvgIpc) is 3.63. The predicted molar refractivity (Wildman–Crippen MR) is 208 cm³/mol. The highest BCUT2D eigenvalue weighted by molar-refractivity contribution is 7.92. The zero-order valence-corrected chi connectivity index (χ0v) is 32.4. The Balaban J connectivity index is 0.000000234. The number of methoxy groups -OCH3 is 1. The van der Waals surface area contributed by atoms with Crippen LogP contribution >= 0.6 is 11.6 Å². The number of aliphatic hydroxyl groups is 1. The average molecular weight is 848 g/mol. The third kappa shape index (κ3) is 11.5. The number of fused-ring (bicyclic) bond motifs is 1. The molecule has 0 saturated heterocycles. The lowest BCUT2D eigenvalue weighted by Crippen LogP contribution is -2.35. The molecule has 0 spiro atoms. The topological polar surface area (TPSA) is 110 Å². The van der Waals surface area contributed by atoms with Crippen molar-refractivity contribution in [3.05, 3.63) is 143 Å². The third-order valence-corrected chi connectivity index (χ3v) is 10.4. The molecule has 0 unspecified atom stereocenters. The third-order valence-electron chi connectivity index (χ3n) is 8.33. The van der Waals surface area contributed by atoms with Gasteiger partial charge in [0, 0.05) is 24.3 Å². The second-order valence-electron chi connectivity index (χ2n) is 12.5. The Labute approximate surface area is 335 Å². The minimum Gasteiger partial charge on any atom is -0.497 e. The van der Waals surface area contributed by atoms with Gasteiger partial charge in [0.25, 0.3) is 10.0 Å². The van der Waals surface area contributed by atoms with E-state index in [1.165, 1.54) is 47.8 Å². The number of likely N-dealkylation sites (N-methyl/N-ethyl adjacent to an activating group) is 1. The number of nitrogens with zero attached hydrogens (tertiary/aromatic N) is 5. The molecular weight excluding hydrogens is 812 g/mol. The highest BCUT2D eigenvalue weighted by Gasteiger charge is 2.37. The Morgan fingerprint density at radius 3 is 2.09 bits per heavy atom. The molecule has 1 N–H and O–H groups in total. The zero-order chi connectivity index (χ0) is 42.1. The summed E-state index contributed by atoms with van der Waals surface area (Å²) in [7, 11) is -0.385. The SMILES string of the molecule is COc1ccc(S(=O)(=O)N(CCO)c2ccccc2CN(C)C/C=C/c2ccc(Cl)cc2)cc1.FC(F)(F)Oc1ccc(-c2ccc3nnc(C(F)(F)F)n3c2)cc1. The fourth-order valence-corrected chi connectivity index (χ4v) is 7.25. The van der Waals surface area contributed by atoms with E-state index in [1.54, 1.807) is 24.3 Å². The van der Waals surface area contributed by atoms with Crippen molar-refractivity contribution in [2.75, 3.05) is 38.2 Å². The van der Waals surface area contributed by atoms with E-state index in [4.69, 9.17) is 16.3 Å². The van der Waals surface area contributed by atoms with Gasteiger partial charge in [-0.3, -0.25) is 13.6 Å². The first-order valence-electron chi connectivity index (χ1n) is 17.2. The number of benzene rings is 4. The normalized spacial score (nSPS) is 12.1. The fraction of sp³-hybridized carbons (Fsp3) is 0.200. The summed E-state index contributed by atoms with van der Waals surface area (Å²) < 4.78 is 113. The molecular formula is C40H36ClF6N5O5S. The highest BCUT2D eigenvalue weighted by Crippen LogP contribution is 2.32. The number of hydrogen-bond donors (Lipinski definition) is 1. The van der Waals surface area contributed by atoms with Crippen LogP contribution in [0.15, 0.2) is 126 Å². The standard InChI is InChI=1S/C26H29ClN2O4S.C14H7F6N3O/c1-28(17-5-6-21-9-11-23(27)12-10-21)20-22-7-3-4-8-26(22)29(18-19-30)34(31,32)25-15-13-24(33-2)14-16-25;15-13(16,17)12-22-21-11-6-3-9(7-23(11)12)8-1-4-10(5-2-8)24-14(18,19)20/h3-16,30H,17-20H2,1-2H3;1-7H/b6-5+;.